The van der Waals surface area contributed by atoms with Gasteiger partial charge in [0.15, 0.2) is 0 Å². The number of carboxylic acid groups (broad SMARTS) is 1. The highest BCUT2D eigenvalue weighted by molar-refractivity contribution is 5.90. The maximum atomic E-state index is 12.9. The van der Waals surface area contributed by atoms with Crippen LogP contribution in [-0.2, 0) is 27.2 Å². The predicted molar refractivity (Wildman–Crippen MR) is 119 cm³/mol. The molecule has 7 heteroatoms. The minimum atomic E-state index is -1.16. The number of carbonyl (C=O) groups excluding carboxylic acids is 2. The lowest BCUT2D eigenvalue weighted by atomic mass is 10.00. The molecular formula is C24H25N3O4. The Bertz CT molecular complexity index is 1100. The van der Waals surface area contributed by atoms with Crippen LogP contribution in [0.4, 0.5) is 5.69 Å². The molecule has 0 aromatic heterocycles. The molecule has 0 saturated heterocycles. The van der Waals surface area contributed by atoms with Gasteiger partial charge in [-0.05, 0) is 34.0 Å². The standard InChI is InChI=1S/C24H25N3O4/c1-15(28)26-21(14-17-6-9-18-4-2-3-5-19(18)12-17)23(29)27-22(24(30)31)13-16-7-10-20(25)11-8-16/h2-12,21-22H,13-14,25H2,1H3,(H,26,28)(H,27,29)(H,30,31). The fourth-order valence-corrected chi connectivity index (χ4v) is 3.42. The molecule has 5 N–H and O–H groups in total. The maximum Gasteiger partial charge on any atom is 0.326 e. The number of hydrogen-bond donors (Lipinski definition) is 4. The van der Waals surface area contributed by atoms with Crippen molar-refractivity contribution < 1.29 is 19.5 Å². The average molecular weight is 419 g/mol. The summed E-state index contributed by atoms with van der Waals surface area (Å²) in [5.74, 6) is -2.07. The van der Waals surface area contributed by atoms with Gasteiger partial charge >= 0.3 is 5.97 Å². The first kappa shape index (κ1) is 21.8. The summed E-state index contributed by atoms with van der Waals surface area (Å²) < 4.78 is 0. The summed E-state index contributed by atoms with van der Waals surface area (Å²) in [6, 6.07) is 18.4. The van der Waals surface area contributed by atoms with Crippen LogP contribution < -0.4 is 16.4 Å². The molecule has 3 rings (SSSR count). The highest BCUT2D eigenvalue weighted by Crippen LogP contribution is 2.17. The number of carboxylic acids is 1. The van der Waals surface area contributed by atoms with Crippen LogP contribution in [0.2, 0.25) is 0 Å². The van der Waals surface area contributed by atoms with Gasteiger partial charge in [-0.3, -0.25) is 9.59 Å². The number of carbonyl (C=O) groups is 3. The fourth-order valence-electron chi connectivity index (χ4n) is 3.42. The molecule has 0 saturated carbocycles. The number of hydrogen-bond acceptors (Lipinski definition) is 4. The van der Waals surface area contributed by atoms with Crippen molar-refractivity contribution in [3.05, 3.63) is 77.9 Å². The van der Waals surface area contributed by atoms with Crippen molar-refractivity contribution in [1.29, 1.82) is 0 Å². The summed E-state index contributed by atoms with van der Waals surface area (Å²) in [6.45, 7) is 1.32. The van der Waals surface area contributed by atoms with Crippen molar-refractivity contribution >= 4 is 34.2 Å². The van der Waals surface area contributed by atoms with E-state index in [0.29, 0.717) is 5.69 Å². The average Bonchev–Trinajstić information content (AvgIpc) is 2.73. The van der Waals surface area contributed by atoms with Gasteiger partial charge < -0.3 is 21.5 Å². The van der Waals surface area contributed by atoms with Crippen molar-refractivity contribution in [3.63, 3.8) is 0 Å². The zero-order valence-electron chi connectivity index (χ0n) is 17.2. The van der Waals surface area contributed by atoms with Crippen molar-refractivity contribution in [2.24, 2.45) is 0 Å². The Morgan fingerprint density at radius 3 is 2.10 bits per heavy atom. The molecule has 3 aromatic rings. The van der Waals surface area contributed by atoms with E-state index in [-0.39, 0.29) is 18.7 Å². The zero-order valence-corrected chi connectivity index (χ0v) is 17.2. The second-order valence-electron chi connectivity index (χ2n) is 7.48. The van der Waals surface area contributed by atoms with Gasteiger partial charge in [-0.15, -0.1) is 0 Å². The Hall–Kier alpha value is -3.87. The lowest BCUT2D eigenvalue weighted by Crippen LogP contribution is -2.52. The van der Waals surface area contributed by atoms with E-state index >= 15 is 0 Å². The van der Waals surface area contributed by atoms with Gasteiger partial charge in [0.1, 0.15) is 12.1 Å². The molecule has 0 spiro atoms. The zero-order chi connectivity index (χ0) is 22.4. The van der Waals surface area contributed by atoms with E-state index in [0.717, 1.165) is 21.9 Å². The van der Waals surface area contributed by atoms with Crippen molar-refractivity contribution in [2.45, 2.75) is 31.8 Å². The first-order chi connectivity index (χ1) is 14.8. The van der Waals surface area contributed by atoms with Crippen LogP contribution in [0.3, 0.4) is 0 Å². The van der Waals surface area contributed by atoms with Crippen LogP contribution in [0.25, 0.3) is 10.8 Å². The first-order valence-electron chi connectivity index (χ1n) is 9.94. The van der Waals surface area contributed by atoms with Gasteiger partial charge in [0.05, 0.1) is 0 Å². The number of anilines is 1. The SMILES string of the molecule is CC(=O)NC(Cc1ccc2ccccc2c1)C(=O)NC(Cc1ccc(N)cc1)C(=O)O. The minimum Gasteiger partial charge on any atom is -0.480 e. The van der Waals surface area contributed by atoms with E-state index in [2.05, 4.69) is 10.6 Å². The molecule has 3 aromatic carbocycles. The quantitative estimate of drug-likeness (QED) is 0.417. The fraction of sp³-hybridized carbons (Fsp3) is 0.208. The Morgan fingerprint density at radius 2 is 1.45 bits per heavy atom. The van der Waals surface area contributed by atoms with E-state index in [9.17, 15) is 19.5 Å². The number of rotatable bonds is 8. The number of aliphatic carboxylic acids is 1. The Kier molecular flexibility index (Phi) is 6.87. The van der Waals surface area contributed by atoms with Crippen LogP contribution >= 0.6 is 0 Å². The van der Waals surface area contributed by atoms with Gasteiger partial charge in [-0.1, -0.05) is 54.6 Å². The van der Waals surface area contributed by atoms with Crippen LogP contribution in [0.15, 0.2) is 66.7 Å². The lowest BCUT2D eigenvalue weighted by molar-refractivity contribution is -0.142. The summed E-state index contributed by atoms with van der Waals surface area (Å²) >= 11 is 0. The molecule has 0 heterocycles. The Labute approximate surface area is 180 Å². The summed E-state index contributed by atoms with van der Waals surface area (Å²) in [5, 5.41) is 16.9. The number of fused-ring (bicyclic) bond motifs is 1. The van der Waals surface area contributed by atoms with Gasteiger partial charge in [-0.2, -0.15) is 0 Å². The molecule has 0 fully saturated rings. The summed E-state index contributed by atoms with van der Waals surface area (Å²) in [7, 11) is 0. The molecule has 2 atom stereocenters. The first-order valence-corrected chi connectivity index (χ1v) is 9.94. The van der Waals surface area contributed by atoms with E-state index in [1.807, 2.05) is 42.5 Å². The monoisotopic (exact) mass is 419 g/mol. The molecular weight excluding hydrogens is 394 g/mol. The number of benzene rings is 3. The third-order valence-corrected chi connectivity index (χ3v) is 4.98. The second-order valence-corrected chi connectivity index (χ2v) is 7.48. The van der Waals surface area contributed by atoms with Crippen molar-refractivity contribution in [2.75, 3.05) is 5.73 Å². The highest BCUT2D eigenvalue weighted by atomic mass is 16.4. The molecule has 0 bridgehead atoms. The van der Waals surface area contributed by atoms with Crippen LogP contribution in [-0.4, -0.2) is 35.0 Å². The topological polar surface area (TPSA) is 122 Å². The number of amides is 2. The largest absolute Gasteiger partial charge is 0.480 e. The Balaban J connectivity index is 1.75. The molecule has 0 aliphatic rings. The Morgan fingerprint density at radius 1 is 0.839 bits per heavy atom. The molecule has 0 radical (unpaired) electrons. The van der Waals surface area contributed by atoms with Gasteiger partial charge in [0, 0.05) is 25.5 Å². The number of nitrogen functional groups attached to an aromatic ring is 1. The minimum absolute atomic E-state index is 0.101. The molecule has 2 unspecified atom stereocenters. The van der Waals surface area contributed by atoms with Crippen molar-refractivity contribution in [1.82, 2.24) is 10.6 Å². The summed E-state index contributed by atoms with van der Waals surface area (Å²) in [4.78, 5) is 36.3. The third-order valence-electron chi connectivity index (χ3n) is 4.98. The highest BCUT2D eigenvalue weighted by Gasteiger charge is 2.26. The van der Waals surface area contributed by atoms with E-state index in [1.165, 1.54) is 6.92 Å². The normalized spacial score (nSPS) is 12.7. The molecule has 2 amide bonds. The number of nitrogens with one attached hydrogen (secondary N) is 2. The summed E-state index contributed by atoms with van der Waals surface area (Å²) in [5.41, 5.74) is 7.82. The summed E-state index contributed by atoms with van der Waals surface area (Å²) in [6.07, 6.45) is 0.342. The van der Waals surface area contributed by atoms with Crippen molar-refractivity contribution in [3.8, 4) is 0 Å². The van der Waals surface area contributed by atoms with Gasteiger partial charge in [-0.25, -0.2) is 4.79 Å². The molecule has 7 nitrogen and oxygen atoms in total. The predicted octanol–water partition coefficient (Wildman–Crippen LogP) is 2.28. The smallest absolute Gasteiger partial charge is 0.326 e. The van der Waals surface area contributed by atoms with Gasteiger partial charge in [0.25, 0.3) is 0 Å². The molecule has 0 aliphatic heterocycles. The second kappa shape index (κ2) is 9.75. The third kappa shape index (κ3) is 6.05. The van der Waals surface area contributed by atoms with Crippen LogP contribution in [0.5, 0.6) is 0 Å². The van der Waals surface area contributed by atoms with E-state index < -0.39 is 24.0 Å². The molecule has 160 valence electrons. The number of nitrogens with two attached hydrogens (primary N) is 1. The molecule has 31 heavy (non-hydrogen) atoms. The van der Waals surface area contributed by atoms with Crippen LogP contribution in [0.1, 0.15) is 18.1 Å². The van der Waals surface area contributed by atoms with Crippen LogP contribution in [0, 0.1) is 0 Å². The van der Waals surface area contributed by atoms with E-state index in [1.54, 1.807) is 24.3 Å². The van der Waals surface area contributed by atoms with E-state index in [4.69, 9.17) is 5.73 Å². The van der Waals surface area contributed by atoms with Gasteiger partial charge in [0.2, 0.25) is 11.8 Å². The molecule has 0 aliphatic carbocycles. The lowest BCUT2D eigenvalue weighted by Gasteiger charge is -2.21. The maximum absolute atomic E-state index is 12.9.